The molecule has 20 heavy (non-hydrogen) atoms. The van der Waals surface area contributed by atoms with Crippen LogP contribution < -0.4 is 5.32 Å². The van der Waals surface area contributed by atoms with Crippen LogP contribution in [0, 0.1) is 0 Å². The molecule has 0 aliphatic carbocycles. The average molecular weight is 288 g/mol. The molecular weight excluding hydrogens is 274 g/mol. The molecule has 0 unspecified atom stereocenters. The topological polar surface area (TPSA) is 46.2 Å². The van der Waals surface area contributed by atoms with Gasteiger partial charge in [0.2, 0.25) is 5.91 Å². The average Bonchev–Trinajstić information content (AvgIpc) is 2.41. The number of hydrogen-bond acceptors (Lipinski definition) is 2. The third-order valence-corrected chi connectivity index (χ3v) is 3.07. The first-order valence-electron chi connectivity index (χ1n) is 6.20. The summed E-state index contributed by atoms with van der Waals surface area (Å²) in [5.41, 5.74) is 2.54. The fraction of sp³-hybridized carbons (Fsp3) is 0.125. The molecule has 0 radical (unpaired) electrons. The second-order valence-corrected chi connectivity index (χ2v) is 4.89. The zero-order valence-electron chi connectivity index (χ0n) is 11.0. The van der Waals surface area contributed by atoms with Crippen LogP contribution >= 0.6 is 11.6 Å². The molecule has 1 N–H and O–H groups in total. The Morgan fingerprint density at radius 3 is 2.35 bits per heavy atom. The summed E-state index contributed by atoms with van der Waals surface area (Å²) < 4.78 is 0. The number of carbonyl (C=O) groups excluding carboxylic acids is 2. The van der Waals surface area contributed by atoms with Gasteiger partial charge in [0.15, 0.2) is 0 Å². The molecule has 0 heterocycles. The molecule has 0 aliphatic rings. The van der Waals surface area contributed by atoms with Gasteiger partial charge in [-0.15, -0.1) is 0 Å². The molecule has 2 aromatic rings. The first-order valence-corrected chi connectivity index (χ1v) is 6.58. The Labute approximate surface area is 122 Å². The molecule has 3 nitrogen and oxygen atoms in total. The Hall–Kier alpha value is -2.13. The summed E-state index contributed by atoms with van der Waals surface area (Å²) in [6.07, 6.45) is -0.142. The number of ketones is 1. The highest BCUT2D eigenvalue weighted by Gasteiger charge is 2.09. The fourth-order valence-corrected chi connectivity index (χ4v) is 2.07. The van der Waals surface area contributed by atoms with Crippen molar-refractivity contribution >= 4 is 29.0 Å². The summed E-state index contributed by atoms with van der Waals surface area (Å²) in [5, 5.41) is 3.08. The fourth-order valence-electron chi connectivity index (χ4n) is 1.85. The number of hydrogen-bond donors (Lipinski definition) is 1. The quantitative estimate of drug-likeness (QED) is 0.866. The molecule has 0 fully saturated rings. The van der Waals surface area contributed by atoms with E-state index in [1.54, 1.807) is 12.1 Å². The van der Waals surface area contributed by atoms with Crippen LogP contribution in [0.3, 0.4) is 0 Å². The monoisotopic (exact) mass is 287 g/mol. The van der Waals surface area contributed by atoms with E-state index in [4.69, 9.17) is 11.6 Å². The largest absolute Gasteiger partial charge is 0.324 e. The molecule has 0 aliphatic heterocycles. The minimum atomic E-state index is -0.355. The van der Waals surface area contributed by atoms with Gasteiger partial charge in [0.05, 0.1) is 17.1 Å². The molecular formula is C16H14ClNO2. The summed E-state index contributed by atoms with van der Waals surface area (Å²) >= 11 is 6.16. The molecule has 0 saturated heterocycles. The molecule has 4 heteroatoms. The van der Waals surface area contributed by atoms with E-state index in [1.807, 2.05) is 36.4 Å². The van der Waals surface area contributed by atoms with Crippen LogP contribution in [0.4, 0.5) is 5.69 Å². The van der Waals surface area contributed by atoms with Crippen LogP contribution in [0.1, 0.15) is 13.3 Å². The molecule has 0 aromatic heterocycles. The Balaban J connectivity index is 2.18. The predicted octanol–water partition coefficient (Wildman–Crippen LogP) is 3.92. The Bertz CT molecular complexity index is 638. The number of rotatable bonds is 4. The normalized spacial score (nSPS) is 10.1. The van der Waals surface area contributed by atoms with Crippen molar-refractivity contribution in [2.45, 2.75) is 13.3 Å². The number of Topliss-reactive ketones (excluding diaryl/α,β-unsaturated/α-hetero) is 1. The van der Waals surface area contributed by atoms with Crippen molar-refractivity contribution in [3.05, 3.63) is 53.6 Å². The third kappa shape index (κ3) is 3.68. The van der Waals surface area contributed by atoms with Gasteiger partial charge in [-0.3, -0.25) is 9.59 Å². The minimum Gasteiger partial charge on any atom is -0.324 e. The lowest BCUT2D eigenvalue weighted by atomic mass is 10.1. The lowest BCUT2D eigenvalue weighted by Crippen LogP contribution is -2.14. The van der Waals surface area contributed by atoms with Crippen molar-refractivity contribution in [3.63, 3.8) is 0 Å². The highest BCUT2D eigenvalue weighted by molar-refractivity contribution is 6.34. The van der Waals surface area contributed by atoms with Crippen molar-refractivity contribution in [1.82, 2.24) is 0 Å². The van der Waals surface area contributed by atoms with E-state index in [0.29, 0.717) is 10.7 Å². The minimum absolute atomic E-state index is 0.142. The van der Waals surface area contributed by atoms with Crippen molar-refractivity contribution in [2.24, 2.45) is 0 Å². The number of carbonyl (C=O) groups is 2. The zero-order valence-corrected chi connectivity index (χ0v) is 11.8. The van der Waals surface area contributed by atoms with Gasteiger partial charge in [-0.1, -0.05) is 48.0 Å². The second kappa shape index (κ2) is 6.35. The Morgan fingerprint density at radius 1 is 1.05 bits per heavy atom. The van der Waals surface area contributed by atoms with Crippen LogP contribution in [-0.4, -0.2) is 11.7 Å². The summed E-state index contributed by atoms with van der Waals surface area (Å²) in [4.78, 5) is 22.4. The van der Waals surface area contributed by atoms with Crippen LogP contribution in [0.15, 0.2) is 48.5 Å². The van der Waals surface area contributed by atoms with E-state index in [9.17, 15) is 9.59 Å². The number of halogens is 1. The summed E-state index contributed by atoms with van der Waals surface area (Å²) in [7, 11) is 0. The SMILES string of the molecule is CC(=O)CC(=O)Nc1ccc(-c2ccccc2)cc1Cl. The van der Waals surface area contributed by atoms with Crippen LogP contribution in [0.2, 0.25) is 5.02 Å². The van der Waals surface area contributed by atoms with Gasteiger partial charge in [-0.2, -0.15) is 0 Å². The van der Waals surface area contributed by atoms with Gasteiger partial charge in [0, 0.05) is 0 Å². The van der Waals surface area contributed by atoms with Crippen molar-refractivity contribution in [3.8, 4) is 11.1 Å². The maximum Gasteiger partial charge on any atom is 0.231 e. The molecule has 2 aromatic carbocycles. The van der Waals surface area contributed by atoms with Crippen molar-refractivity contribution < 1.29 is 9.59 Å². The summed E-state index contributed by atoms with van der Waals surface area (Å²) in [6.45, 7) is 1.37. The molecule has 0 saturated carbocycles. The number of benzene rings is 2. The number of amides is 1. The maximum absolute atomic E-state index is 11.5. The van der Waals surface area contributed by atoms with Gasteiger partial charge in [-0.25, -0.2) is 0 Å². The highest BCUT2D eigenvalue weighted by Crippen LogP contribution is 2.28. The lowest BCUT2D eigenvalue weighted by molar-refractivity contribution is -0.124. The smallest absolute Gasteiger partial charge is 0.231 e. The van der Waals surface area contributed by atoms with Gasteiger partial charge in [-0.05, 0) is 30.2 Å². The van der Waals surface area contributed by atoms with Crippen molar-refractivity contribution in [1.29, 1.82) is 0 Å². The van der Waals surface area contributed by atoms with Crippen LogP contribution in [0.5, 0.6) is 0 Å². The van der Waals surface area contributed by atoms with E-state index in [2.05, 4.69) is 5.32 Å². The predicted molar refractivity (Wildman–Crippen MR) is 80.8 cm³/mol. The lowest BCUT2D eigenvalue weighted by Gasteiger charge is -2.08. The first-order chi connectivity index (χ1) is 9.56. The number of nitrogens with one attached hydrogen (secondary N) is 1. The van der Waals surface area contributed by atoms with Crippen LogP contribution in [-0.2, 0) is 9.59 Å². The van der Waals surface area contributed by atoms with Gasteiger partial charge >= 0.3 is 0 Å². The highest BCUT2D eigenvalue weighted by atomic mass is 35.5. The Kier molecular flexibility index (Phi) is 4.53. The van der Waals surface area contributed by atoms with E-state index < -0.39 is 0 Å². The third-order valence-electron chi connectivity index (χ3n) is 2.76. The van der Waals surface area contributed by atoms with Gasteiger partial charge < -0.3 is 5.32 Å². The number of anilines is 1. The molecule has 2 rings (SSSR count). The Morgan fingerprint density at radius 2 is 1.75 bits per heavy atom. The maximum atomic E-state index is 11.5. The van der Waals surface area contributed by atoms with E-state index >= 15 is 0 Å². The standard InChI is InChI=1S/C16H14ClNO2/c1-11(19)9-16(20)18-15-8-7-13(10-14(15)17)12-5-3-2-4-6-12/h2-8,10H,9H2,1H3,(H,18,20). The van der Waals surface area contributed by atoms with Gasteiger partial charge in [0.1, 0.15) is 5.78 Å². The summed E-state index contributed by atoms with van der Waals surface area (Å²) in [6, 6.07) is 15.2. The molecule has 102 valence electrons. The molecule has 0 bridgehead atoms. The van der Waals surface area contributed by atoms with Gasteiger partial charge in [0.25, 0.3) is 0 Å². The second-order valence-electron chi connectivity index (χ2n) is 4.49. The molecule has 1 amide bonds. The zero-order chi connectivity index (χ0) is 14.5. The molecule has 0 spiro atoms. The van der Waals surface area contributed by atoms with E-state index in [-0.39, 0.29) is 18.1 Å². The van der Waals surface area contributed by atoms with E-state index in [1.165, 1.54) is 6.92 Å². The molecule has 0 atom stereocenters. The van der Waals surface area contributed by atoms with Crippen molar-refractivity contribution in [2.75, 3.05) is 5.32 Å². The van der Waals surface area contributed by atoms with Crippen LogP contribution in [0.25, 0.3) is 11.1 Å². The summed E-state index contributed by atoms with van der Waals surface area (Å²) in [5.74, 6) is -0.536. The van der Waals surface area contributed by atoms with E-state index in [0.717, 1.165) is 11.1 Å². The first kappa shape index (κ1) is 14.3.